The van der Waals surface area contributed by atoms with Gasteiger partial charge in [-0.1, -0.05) is 18.7 Å². The molecule has 3 rings (SSSR count). The van der Waals surface area contributed by atoms with Gasteiger partial charge in [-0.05, 0) is 13.8 Å². The fraction of sp³-hybridized carbons (Fsp3) is 0.529. The monoisotopic (exact) mass is 434 g/mol. The summed E-state index contributed by atoms with van der Waals surface area (Å²) in [5.41, 5.74) is 0.393. The molecule has 1 amide bonds. The molecule has 4 unspecified atom stereocenters. The van der Waals surface area contributed by atoms with E-state index in [2.05, 4.69) is 4.98 Å². The zero-order chi connectivity index (χ0) is 19.9. The molecule has 146 valence electrons. The summed E-state index contributed by atoms with van der Waals surface area (Å²) in [5, 5.41) is 23.2. The molecule has 1 N–H and O–H groups in total. The predicted octanol–water partition coefficient (Wildman–Crippen LogP) is -2.84. The topological polar surface area (TPSA) is 120 Å². The summed E-state index contributed by atoms with van der Waals surface area (Å²) in [4.78, 5) is 41.6. The van der Waals surface area contributed by atoms with Crippen LogP contribution in [0.1, 0.15) is 26.5 Å². The number of nitrogens with zero attached hydrogens (tertiary/aromatic N) is 2. The number of ether oxygens (including phenoxy) is 1. The number of aromatic nitrogens is 1. The van der Waals surface area contributed by atoms with E-state index in [0.29, 0.717) is 21.5 Å². The molecule has 2 aliphatic heterocycles. The molecule has 2 aliphatic rings. The van der Waals surface area contributed by atoms with Gasteiger partial charge >= 0.3 is 35.5 Å². The SMILES string of the molecule is CCOC(=O)Cc1csc(SC2=C(C(=O)[O-])N3C(=O)C(C(C)O)C3C2C)n1.[Na+]. The van der Waals surface area contributed by atoms with Gasteiger partial charge in [0.2, 0.25) is 5.91 Å². The molecule has 0 aromatic carbocycles. The van der Waals surface area contributed by atoms with Crippen LogP contribution in [0.4, 0.5) is 0 Å². The third kappa shape index (κ3) is 4.17. The van der Waals surface area contributed by atoms with E-state index < -0.39 is 29.9 Å². The third-order valence-electron chi connectivity index (χ3n) is 4.66. The first-order valence-electron chi connectivity index (χ1n) is 8.50. The van der Waals surface area contributed by atoms with E-state index in [1.807, 2.05) is 6.92 Å². The first-order chi connectivity index (χ1) is 12.8. The van der Waals surface area contributed by atoms with E-state index in [4.69, 9.17) is 4.74 Å². The normalized spacial score (nSPS) is 24.4. The molecule has 0 spiro atoms. The van der Waals surface area contributed by atoms with Crippen molar-refractivity contribution in [3.05, 3.63) is 21.7 Å². The zero-order valence-corrected chi connectivity index (χ0v) is 19.6. The number of hydrogen-bond donors (Lipinski definition) is 1. The second kappa shape index (κ2) is 9.27. The number of aliphatic carboxylic acids is 1. The maximum Gasteiger partial charge on any atom is 1.00 e. The van der Waals surface area contributed by atoms with E-state index in [1.54, 1.807) is 12.3 Å². The Kier molecular flexibility index (Phi) is 7.74. The summed E-state index contributed by atoms with van der Waals surface area (Å²) in [7, 11) is 0. The van der Waals surface area contributed by atoms with Gasteiger partial charge in [0, 0.05) is 16.2 Å². The summed E-state index contributed by atoms with van der Waals surface area (Å²) in [6.45, 7) is 5.37. The molecule has 28 heavy (non-hydrogen) atoms. The number of β-lactam (4-membered cyclic amide) rings is 1. The van der Waals surface area contributed by atoms with Gasteiger partial charge in [-0.2, -0.15) is 0 Å². The van der Waals surface area contributed by atoms with Gasteiger partial charge in [0.15, 0.2) is 4.34 Å². The fourth-order valence-corrected chi connectivity index (χ4v) is 5.62. The Morgan fingerprint density at radius 1 is 1.50 bits per heavy atom. The van der Waals surface area contributed by atoms with Crippen LogP contribution in [0.3, 0.4) is 0 Å². The number of carbonyl (C=O) groups excluding carboxylic acids is 3. The van der Waals surface area contributed by atoms with Gasteiger partial charge in [-0.25, -0.2) is 4.98 Å². The number of carbonyl (C=O) groups is 3. The number of aliphatic hydroxyl groups is 1. The van der Waals surface area contributed by atoms with E-state index >= 15 is 0 Å². The molecule has 4 atom stereocenters. The zero-order valence-electron chi connectivity index (χ0n) is 16.0. The van der Waals surface area contributed by atoms with Crippen molar-refractivity contribution in [3.63, 3.8) is 0 Å². The summed E-state index contributed by atoms with van der Waals surface area (Å²) >= 11 is 2.45. The Bertz CT molecular complexity index is 824. The Morgan fingerprint density at radius 2 is 2.18 bits per heavy atom. The summed E-state index contributed by atoms with van der Waals surface area (Å²) in [5.74, 6) is -3.09. The number of aliphatic hydroxyl groups excluding tert-OH is 1. The molecule has 0 radical (unpaired) electrons. The predicted molar refractivity (Wildman–Crippen MR) is 95.3 cm³/mol. The molecular weight excluding hydrogens is 415 g/mol. The average molecular weight is 434 g/mol. The van der Waals surface area contributed by atoms with Crippen LogP contribution in [0.2, 0.25) is 0 Å². The second-order valence-electron chi connectivity index (χ2n) is 6.44. The van der Waals surface area contributed by atoms with Gasteiger partial charge in [-0.15, -0.1) is 11.3 Å². The number of carboxylic acid groups (broad SMARTS) is 1. The van der Waals surface area contributed by atoms with Crippen LogP contribution in [0.15, 0.2) is 20.3 Å². The van der Waals surface area contributed by atoms with E-state index in [0.717, 1.165) is 11.8 Å². The smallest absolute Gasteiger partial charge is 0.543 e. The molecule has 1 saturated heterocycles. The van der Waals surface area contributed by atoms with Crippen LogP contribution in [0.5, 0.6) is 0 Å². The first-order valence-corrected chi connectivity index (χ1v) is 10.2. The molecule has 1 aromatic rings. The molecular formula is C17H19N2NaO6S2. The van der Waals surface area contributed by atoms with Crippen LogP contribution in [0, 0.1) is 11.8 Å². The second-order valence-corrected chi connectivity index (χ2v) is 8.59. The number of fused-ring (bicyclic) bond motifs is 1. The van der Waals surface area contributed by atoms with Gasteiger partial charge in [0.1, 0.15) is 0 Å². The quantitative estimate of drug-likeness (QED) is 0.277. The van der Waals surface area contributed by atoms with Crippen LogP contribution in [0.25, 0.3) is 0 Å². The van der Waals surface area contributed by atoms with Gasteiger partial charge in [0.05, 0.1) is 48.5 Å². The minimum absolute atomic E-state index is 0. The molecule has 3 heterocycles. The maximum atomic E-state index is 12.3. The summed E-state index contributed by atoms with van der Waals surface area (Å²) in [6.07, 6.45) is -0.811. The number of rotatable bonds is 7. The summed E-state index contributed by atoms with van der Waals surface area (Å²) in [6, 6.07) is -0.396. The van der Waals surface area contributed by atoms with Crippen molar-refractivity contribution in [2.24, 2.45) is 11.8 Å². The van der Waals surface area contributed by atoms with E-state index in [9.17, 15) is 24.6 Å². The van der Waals surface area contributed by atoms with E-state index in [-0.39, 0.29) is 53.6 Å². The number of esters is 1. The molecule has 11 heteroatoms. The number of hydrogen-bond acceptors (Lipinski definition) is 9. The Hall–Kier alpha value is -0.910. The number of amides is 1. The van der Waals surface area contributed by atoms with Crippen molar-refractivity contribution in [2.45, 2.75) is 43.7 Å². The standard InChI is InChI=1S/C17H20N2O6S2.Na/c1-4-25-10(21)5-9-6-26-17(18-9)27-14-7(2)12-11(8(3)20)15(22)19(12)13(14)16(23)24;/h6-8,11-12,20H,4-5H2,1-3H3,(H,23,24);/q;+1/p-1. The van der Waals surface area contributed by atoms with Crippen LogP contribution < -0.4 is 34.7 Å². The molecule has 8 nitrogen and oxygen atoms in total. The molecule has 0 aliphatic carbocycles. The van der Waals surface area contributed by atoms with Crippen molar-refractivity contribution in [3.8, 4) is 0 Å². The summed E-state index contributed by atoms with van der Waals surface area (Å²) < 4.78 is 5.46. The molecule has 0 bridgehead atoms. The van der Waals surface area contributed by atoms with Gasteiger partial charge in [-0.3, -0.25) is 9.59 Å². The number of thioether (sulfide) groups is 1. The molecule has 1 fully saturated rings. The molecule has 1 aromatic heterocycles. The fourth-order valence-electron chi connectivity index (χ4n) is 3.52. The largest absolute Gasteiger partial charge is 1.00 e. The minimum atomic E-state index is -1.42. The Labute approximate surface area is 192 Å². The van der Waals surface area contributed by atoms with Crippen LogP contribution in [-0.4, -0.2) is 51.6 Å². The van der Waals surface area contributed by atoms with Crippen molar-refractivity contribution in [2.75, 3.05) is 6.61 Å². The van der Waals surface area contributed by atoms with Crippen LogP contribution in [-0.2, 0) is 25.5 Å². The maximum absolute atomic E-state index is 12.3. The van der Waals surface area contributed by atoms with Crippen molar-refractivity contribution >= 4 is 40.9 Å². The van der Waals surface area contributed by atoms with Crippen molar-refractivity contribution in [1.82, 2.24) is 9.88 Å². The van der Waals surface area contributed by atoms with Crippen molar-refractivity contribution < 1.29 is 58.9 Å². The third-order valence-corrected chi connectivity index (χ3v) is 6.93. The first kappa shape index (κ1) is 23.4. The molecule has 0 saturated carbocycles. The van der Waals surface area contributed by atoms with Crippen molar-refractivity contribution in [1.29, 1.82) is 0 Å². The minimum Gasteiger partial charge on any atom is -0.543 e. The van der Waals surface area contributed by atoms with Gasteiger partial charge < -0.3 is 24.6 Å². The van der Waals surface area contributed by atoms with Crippen LogP contribution >= 0.6 is 23.1 Å². The number of carboxylic acids is 1. The average Bonchev–Trinajstić information content (AvgIpc) is 3.10. The van der Waals surface area contributed by atoms with Gasteiger partial charge in [0.25, 0.3) is 0 Å². The van der Waals surface area contributed by atoms with E-state index in [1.165, 1.54) is 23.2 Å². The number of thiazole rings is 1. The Morgan fingerprint density at radius 3 is 2.75 bits per heavy atom. The Balaban J connectivity index is 0.00000280.